The molecule has 5 aromatic rings. The first-order chi connectivity index (χ1) is 17.2. The summed E-state index contributed by atoms with van der Waals surface area (Å²) < 4.78 is 8.69. The van der Waals surface area contributed by atoms with E-state index in [9.17, 15) is 5.11 Å². The zero-order valence-electron chi connectivity index (χ0n) is 19.2. The lowest BCUT2D eigenvalue weighted by Crippen LogP contribution is -2.34. The molecule has 0 aliphatic rings. The topological polar surface area (TPSA) is 99.1 Å². The summed E-state index contributed by atoms with van der Waals surface area (Å²) in [6.45, 7) is 0.290. The molecule has 35 heavy (non-hydrogen) atoms. The van der Waals surface area contributed by atoms with E-state index in [4.69, 9.17) is 10.5 Å². The van der Waals surface area contributed by atoms with Crippen LogP contribution < -0.4 is 5.73 Å². The summed E-state index contributed by atoms with van der Waals surface area (Å²) in [5, 5.41) is 10.2. The fraction of sp³-hybridized carbons (Fsp3) is 0.179. The maximum atomic E-state index is 10.2. The number of nitrogens with two attached hydrogens (primary N) is 1. The summed E-state index contributed by atoms with van der Waals surface area (Å²) in [5.41, 5.74) is 9.36. The van der Waals surface area contributed by atoms with E-state index in [1.807, 2.05) is 59.2 Å². The third-order valence-electron chi connectivity index (χ3n) is 6.30. The van der Waals surface area contributed by atoms with E-state index in [1.165, 1.54) is 6.33 Å². The second-order valence-electron chi connectivity index (χ2n) is 8.34. The van der Waals surface area contributed by atoms with Crippen LogP contribution in [0.15, 0.2) is 104 Å². The standard InChI is InChI=1S/C28H27N5O2/c29-26-25-27(31-19-30-26)33(20-32-25)24(18-34)16-17-35-28(21-10-4-1-5-11-21,22-12-6-2-7-13-22)23-14-8-3-9-15-23/h1-15,19-20,24,34H,16-18H2,(H2,29,30,31). The van der Waals surface area contributed by atoms with E-state index < -0.39 is 5.60 Å². The first-order valence-electron chi connectivity index (χ1n) is 11.6. The number of rotatable bonds is 9. The van der Waals surface area contributed by atoms with E-state index in [0.717, 1.165) is 16.7 Å². The molecule has 0 aliphatic heterocycles. The van der Waals surface area contributed by atoms with Crippen molar-refractivity contribution in [2.45, 2.75) is 18.1 Å². The molecule has 0 amide bonds. The van der Waals surface area contributed by atoms with Crippen LogP contribution in [0.3, 0.4) is 0 Å². The zero-order valence-corrected chi connectivity index (χ0v) is 19.2. The van der Waals surface area contributed by atoms with Crippen LogP contribution in [0, 0.1) is 0 Å². The van der Waals surface area contributed by atoms with Crippen LogP contribution >= 0.6 is 0 Å². The number of nitrogens with zero attached hydrogens (tertiary/aromatic N) is 4. The largest absolute Gasteiger partial charge is 0.394 e. The number of aliphatic hydroxyl groups excluding tert-OH is 1. The molecule has 0 saturated heterocycles. The van der Waals surface area contributed by atoms with Crippen molar-refractivity contribution in [1.82, 2.24) is 19.5 Å². The second kappa shape index (κ2) is 10.0. The highest BCUT2D eigenvalue weighted by Crippen LogP contribution is 2.40. The Labute approximate surface area is 203 Å². The number of hydrogen-bond donors (Lipinski definition) is 2. The lowest BCUT2D eigenvalue weighted by Gasteiger charge is -2.36. The molecule has 0 radical (unpaired) electrons. The number of aromatic nitrogens is 4. The molecule has 0 bridgehead atoms. The van der Waals surface area contributed by atoms with E-state index in [1.54, 1.807) is 6.33 Å². The second-order valence-corrected chi connectivity index (χ2v) is 8.34. The van der Waals surface area contributed by atoms with Gasteiger partial charge in [0.2, 0.25) is 0 Å². The van der Waals surface area contributed by atoms with E-state index in [0.29, 0.717) is 30.0 Å². The van der Waals surface area contributed by atoms with Crippen molar-refractivity contribution in [3.8, 4) is 0 Å². The molecule has 2 aromatic heterocycles. The summed E-state index contributed by atoms with van der Waals surface area (Å²) in [6, 6.07) is 30.4. The lowest BCUT2D eigenvalue weighted by molar-refractivity contribution is 0.00338. The van der Waals surface area contributed by atoms with Crippen LogP contribution in [0.1, 0.15) is 29.2 Å². The summed E-state index contributed by atoms with van der Waals surface area (Å²) >= 11 is 0. The molecule has 0 fully saturated rings. The van der Waals surface area contributed by atoms with Crippen LogP contribution in [0.25, 0.3) is 11.2 Å². The van der Waals surface area contributed by atoms with Gasteiger partial charge in [0.25, 0.3) is 0 Å². The highest BCUT2D eigenvalue weighted by Gasteiger charge is 2.37. The van der Waals surface area contributed by atoms with E-state index in [2.05, 4.69) is 51.4 Å². The van der Waals surface area contributed by atoms with Gasteiger partial charge < -0.3 is 20.1 Å². The van der Waals surface area contributed by atoms with Crippen molar-refractivity contribution in [3.63, 3.8) is 0 Å². The molecule has 1 atom stereocenters. The minimum absolute atomic E-state index is 0.0895. The Morgan fingerprint density at radius 2 is 1.34 bits per heavy atom. The Kier molecular flexibility index (Phi) is 6.52. The van der Waals surface area contributed by atoms with Gasteiger partial charge in [0.15, 0.2) is 11.5 Å². The number of fused-ring (bicyclic) bond motifs is 1. The zero-order chi connectivity index (χ0) is 24.1. The predicted molar refractivity (Wildman–Crippen MR) is 136 cm³/mol. The number of ether oxygens (including phenoxy) is 1. The van der Waals surface area contributed by atoms with Gasteiger partial charge in [-0.25, -0.2) is 15.0 Å². The average molecular weight is 466 g/mol. The molecule has 7 nitrogen and oxygen atoms in total. The van der Waals surface area contributed by atoms with Crippen molar-refractivity contribution in [2.75, 3.05) is 18.9 Å². The van der Waals surface area contributed by atoms with Crippen LogP contribution in [0.5, 0.6) is 0 Å². The fourth-order valence-corrected chi connectivity index (χ4v) is 4.57. The number of anilines is 1. The van der Waals surface area contributed by atoms with Crippen molar-refractivity contribution in [3.05, 3.63) is 120 Å². The molecule has 5 rings (SSSR count). The molecule has 3 N–H and O–H groups in total. The molecular weight excluding hydrogens is 438 g/mol. The number of imidazole rings is 1. The molecule has 176 valence electrons. The Hall–Kier alpha value is -4.07. The highest BCUT2D eigenvalue weighted by atomic mass is 16.5. The molecule has 0 saturated carbocycles. The fourth-order valence-electron chi connectivity index (χ4n) is 4.57. The Morgan fingerprint density at radius 1 is 0.800 bits per heavy atom. The molecule has 7 heteroatoms. The maximum Gasteiger partial charge on any atom is 0.165 e. The van der Waals surface area contributed by atoms with Gasteiger partial charge in [-0.2, -0.15) is 0 Å². The lowest BCUT2D eigenvalue weighted by atomic mass is 9.80. The quantitative estimate of drug-likeness (QED) is 0.314. The van der Waals surface area contributed by atoms with E-state index >= 15 is 0 Å². The van der Waals surface area contributed by atoms with Crippen molar-refractivity contribution >= 4 is 17.0 Å². The van der Waals surface area contributed by atoms with Gasteiger partial charge in [-0.3, -0.25) is 0 Å². The Bertz CT molecular complexity index is 1280. The van der Waals surface area contributed by atoms with E-state index in [-0.39, 0.29) is 12.6 Å². The number of aliphatic hydroxyl groups is 1. The third-order valence-corrected chi connectivity index (χ3v) is 6.30. The first kappa shape index (κ1) is 22.7. The average Bonchev–Trinajstić information content (AvgIpc) is 3.36. The van der Waals surface area contributed by atoms with Gasteiger partial charge in [-0.05, 0) is 23.1 Å². The van der Waals surface area contributed by atoms with Gasteiger partial charge in [-0.15, -0.1) is 0 Å². The summed E-state index contributed by atoms with van der Waals surface area (Å²) in [4.78, 5) is 12.7. The SMILES string of the molecule is Nc1ncnc2c1ncn2C(CO)CCOC(c1ccccc1)(c1ccccc1)c1ccccc1. The number of benzene rings is 3. The summed E-state index contributed by atoms with van der Waals surface area (Å²) in [5.74, 6) is 0.318. The molecule has 1 unspecified atom stereocenters. The molecule has 0 aliphatic carbocycles. The molecular formula is C28H27N5O2. The minimum atomic E-state index is -0.812. The highest BCUT2D eigenvalue weighted by molar-refractivity contribution is 5.81. The predicted octanol–water partition coefficient (Wildman–Crippen LogP) is 4.34. The van der Waals surface area contributed by atoms with Crippen LogP contribution in [0.2, 0.25) is 0 Å². The molecule has 3 aromatic carbocycles. The normalized spacial score (nSPS) is 12.6. The molecule has 2 heterocycles. The van der Waals surface area contributed by atoms with Crippen molar-refractivity contribution in [1.29, 1.82) is 0 Å². The Morgan fingerprint density at radius 3 is 1.86 bits per heavy atom. The van der Waals surface area contributed by atoms with Crippen LogP contribution in [0.4, 0.5) is 5.82 Å². The number of hydrogen-bond acceptors (Lipinski definition) is 6. The van der Waals surface area contributed by atoms with Gasteiger partial charge in [0.05, 0.1) is 25.6 Å². The van der Waals surface area contributed by atoms with Gasteiger partial charge in [0.1, 0.15) is 17.4 Å². The number of nitrogen functional groups attached to an aromatic ring is 1. The van der Waals surface area contributed by atoms with Crippen molar-refractivity contribution in [2.24, 2.45) is 0 Å². The maximum absolute atomic E-state index is 10.2. The van der Waals surface area contributed by atoms with Crippen LogP contribution in [-0.4, -0.2) is 37.8 Å². The van der Waals surface area contributed by atoms with Gasteiger partial charge in [0, 0.05) is 0 Å². The summed E-state index contributed by atoms with van der Waals surface area (Å²) in [6.07, 6.45) is 3.60. The smallest absolute Gasteiger partial charge is 0.165 e. The van der Waals surface area contributed by atoms with Crippen molar-refractivity contribution < 1.29 is 9.84 Å². The third kappa shape index (κ3) is 4.27. The summed E-state index contributed by atoms with van der Waals surface area (Å²) in [7, 11) is 0. The van der Waals surface area contributed by atoms with Gasteiger partial charge >= 0.3 is 0 Å². The minimum Gasteiger partial charge on any atom is -0.394 e. The van der Waals surface area contributed by atoms with Crippen LogP contribution in [-0.2, 0) is 10.3 Å². The Balaban J connectivity index is 1.51. The van der Waals surface area contributed by atoms with Gasteiger partial charge in [-0.1, -0.05) is 91.0 Å². The monoisotopic (exact) mass is 465 g/mol. The first-order valence-corrected chi connectivity index (χ1v) is 11.6. The molecule has 0 spiro atoms.